The summed E-state index contributed by atoms with van der Waals surface area (Å²) in [6.07, 6.45) is 1.36. The van der Waals surface area contributed by atoms with Gasteiger partial charge in [0, 0.05) is 5.92 Å². The molecule has 1 N–H and O–H groups in total. The molecular weight excluding hydrogens is 264 g/mol. The van der Waals surface area contributed by atoms with Crippen LogP contribution < -0.4 is 0 Å². The van der Waals surface area contributed by atoms with Gasteiger partial charge in [-0.3, -0.25) is 4.18 Å². The Labute approximate surface area is 114 Å². The summed E-state index contributed by atoms with van der Waals surface area (Å²) < 4.78 is 28.8. The number of hydrogen-bond acceptors (Lipinski definition) is 4. The second kappa shape index (κ2) is 6.84. The van der Waals surface area contributed by atoms with Crippen LogP contribution in [-0.2, 0) is 14.3 Å². The van der Waals surface area contributed by atoms with Crippen LogP contribution in [0.25, 0.3) is 0 Å². The average molecular weight is 284 g/mol. The Morgan fingerprint density at radius 1 is 1.37 bits per heavy atom. The summed E-state index contributed by atoms with van der Waals surface area (Å²) in [4.78, 5) is 0.128. The topological polar surface area (TPSA) is 63.6 Å². The molecule has 2 unspecified atom stereocenters. The first-order valence-corrected chi connectivity index (χ1v) is 7.52. The van der Waals surface area contributed by atoms with Crippen LogP contribution in [0.3, 0.4) is 0 Å². The molecule has 0 saturated carbocycles. The maximum Gasteiger partial charge on any atom is 0.296 e. The van der Waals surface area contributed by atoms with E-state index < -0.39 is 16.2 Å². The molecule has 19 heavy (non-hydrogen) atoms. The SMILES string of the molecule is C=CCC(O)C(C)COS(=O)(=O)c1ccc(C)cc1. The van der Waals surface area contributed by atoms with Gasteiger partial charge in [0.25, 0.3) is 10.1 Å². The summed E-state index contributed by atoms with van der Waals surface area (Å²) in [5.74, 6) is -0.279. The van der Waals surface area contributed by atoms with Crippen molar-refractivity contribution >= 4 is 10.1 Å². The van der Waals surface area contributed by atoms with Crippen molar-refractivity contribution in [2.75, 3.05) is 6.61 Å². The van der Waals surface area contributed by atoms with E-state index in [1.165, 1.54) is 12.1 Å². The van der Waals surface area contributed by atoms with Crippen LogP contribution in [0.5, 0.6) is 0 Å². The maximum absolute atomic E-state index is 11.9. The molecule has 0 spiro atoms. The molecule has 0 aliphatic heterocycles. The van der Waals surface area contributed by atoms with Crippen molar-refractivity contribution in [2.24, 2.45) is 5.92 Å². The van der Waals surface area contributed by atoms with Crippen LogP contribution in [0.2, 0.25) is 0 Å². The van der Waals surface area contributed by atoms with E-state index in [0.717, 1.165) is 5.56 Å². The Morgan fingerprint density at radius 3 is 2.47 bits per heavy atom. The summed E-state index contributed by atoms with van der Waals surface area (Å²) in [5.41, 5.74) is 0.980. The second-order valence-corrected chi connectivity index (χ2v) is 6.24. The Morgan fingerprint density at radius 2 is 1.95 bits per heavy atom. The van der Waals surface area contributed by atoms with Crippen molar-refractivity contribution < 1.29 is 17.7 Å². The first-order chi connectivity index (χ1) is 8.86. The minimum Gasteiger partial charge on any atom is -0.392 e. The highest BCUT2D eigenvalue weighted by atomic mass is 32.2. The molecule has 2 atom stereocenters. The fourth-order valence-electron chi connectivity index (χ4n) is 1.48. The summed E-state index contributed by atoms with van der Waals surface area (Å²) in [6, 6.07) is 6.45. The van der Waals surface area contributed by atoms with Gasteiger partial charge in [-0.15, -0.1) is 6.58 Å². The van der Waals surface area contributed by atoms with Gasteiger partial charge < -0.3 is 5.11 Å². The Kier molecular flexibility index (Phi) is 5.72. The van der Waals surface area contributed by atoms with Gasteiger partial charge in [0.1, 0.15) is 0 Å². The Bertz CT molecular complexity index is 505. The molecule has 0 amide bonds. The van der Waals surface area contributed by atoms with E-state index in [1.807, 2.05) is 6.92 Å². The van der Waals surface area contributed by atoms with E-state index in [9.17, 15) is 13.5 Å². The lowest BCUT2D eigenvalue weighted by Crippen LogP contribution is -2.23. The predicted octanol–water partition coefficient (Wildman–Crippen LogP) is 2.27. The van der Waals surface area contributed by atoms with E-state index in [0.29, 0.717) is 6.42 Å². The molecule has 0 radical (unpaired) electrons. The summed E-state index contributed by atoms with van der Waals surface area (Å²) >= 11 is 0. The smallest absolute Gasteiger partial charge is 0.296 e. The zero-order chi connectivity index (χ0) is 14.5. The second-order valence-electron chi connectivity index (χ2n) is 4.62. The van der Waals surface area contributed by atoms with Gasteiger partial charge in [0.15, 0.2) is 0 Å². The molecule has 0 heterocycles. The molecule has 1 rings (SSSR count). The van der Waals surface area contributed by atoms with Crippen molar-refractivity contribution in [1.29, 1.82) is 0 Å². The monoisotopic (exact) mass is 284 g/mol. The minimum atomic E-state index is -3.76. The Hall–Kier alpha value is -1.17. The average Bonchev–Trinajstić information content (AvgIpc) is 2.37. The summed E-state index contributed by atoms with van der Waals surface area (Å²) in [7, 11) is -3.76. The van der Waals surface area contributed by atoms with Crippen LogP contribution in [0.1, 0.15) is 18.9 Å². The van der Waals surface area contributed by atoms with Gasteiger partial charge in [0.05, 0.1) is 17.6 Å². The number of benzene rings is 1. The number of aryl methyl sites for hydroxylation is 1. The van der Waals surface area contributed by atoms with E-state index in [1.54, 1.807) is 25.1 Å². The molecule has 106 valence electrons. The third kappa shape index (κ3) is 4.78. The van der Waals surface area contributed by atoms with Crippen molar-refractivity contribution in [3.8, 4) is 0 Å². The lowest BCUT2D eigenvalue weighted by atomic mass is 10.0. The zero-order valence-electron chi connectivity index (χ0n) is 11.2. The van der Waals surface area contributed by atoms with Crippen LogP contribution in [0.4, 0.5) is 0 Å². The first kappa shape index (κ1) is 15.9. The number of hydrogen-bond donors (Lipinski definition) is 1. The molecule has 4 nitrogen and oxygen atoms in total. The zero-order valence-corrected chi connectivity index (χ0v) is 12.1. The van der Waals surface area contributed by atoms with Crippen LogP contribution in [0, 0.1) is 12.8 Å². The van der Waals surface area contributed by atoms with Crippen molar-refractivity contribution in [2.45, 2.75) is 31.3 Å². The van der Waals surface area contributed by atoms with Crippen LogP contribution in [-0.4, -0.2) is 26.2 Å². The highest BCUT2D eigenvalue weighted by Gasteiger charge is 2.19. The van der Waals surface area contributed by atoms with E-state index in [4.69, 9.17) is 4.18 Å². The van der Waals surface area contributed by atoms with Crippen LogP contribution in [0.15, 0.2) is 41.8 Å². The molecule has 1 aromatic rings. The molecule has 0 aromatic heterocycles. The molecule has 0 fully saturated rings. The third-order valence-electron chi connectivity index (χ3n) is 2.86. The molecule has 0 aliphatic rings. The maximum atomic E-state index is 11.9. The predicted molar refractivity (Wildman–Crippen MR) is 74.3 cm³/mol. The minimum absolute atomic E-state index is 0.0504. The van der Waals surface area contributed by atoms with Crippen LogP contribution >= 0.6 is 0 Å². The quantitative estimate of drug-likeness (QED) is 0.616. The highest BCUT2D eigenvalue weighted by Crippen LogP contribution is 2.16. The van der Waals surface area contributed by atoms with Gasteiger partial charge in [0.2, 0.25) is 0 Å². The lowest BCUT2D eigenvalue weighted by molar-refractivity contribution is 0.0888. The fourth-order valence-corrected chi connectivity index (χ4v) is 2.48. The van der Waals surface area contributed by atoms with Crippen molar-refractivity contribution in [1.82, 2.24) is 0 Å². The number of rotatable bonds is 7. The number of aliphatic hydroxyl groups is 1. The highest BCUT2D eigenvalue weighted by molar-refractivity contribution is 7.86. The summed E-state index contributed by atoms with van der Waals surface area (Å²) in [6.45, 7) is 7.09. The van der Waals surface area contributed by atoms with Crippen molar-refractivity contribution in [3.63, 3.8) is 0 Å². The molecular formula is C14H20O4S. The van der Waals surface area contributed by atoms with Crippen molar-refractivity contribution in [3.05, 3.63) is 42.5 Å². The van der Waals surface area contributed by atoms with E-state index >= 15 is 0 Å². The van der Waals surface area contributed by atoms with Gasteiger partial charge >= 0.3 is 0 Å². The molecule has 5 heteroatoms. The molecule has 0 aliphatic carbocycles. The molecule has 0 bridgehead atoms. The number of aliphatic hydroxyl groups excluding tert-OH is 1. The van der Waals surface area contributed by atoms with Gasteiger partial charge in [-0.2, -0.15) is 8.42 Å². The molecule has 1 aromatic carbocycles. The Balaban J connectivity index is 2.65. The summed E-state index contributed by atoms with van der Waals surface area (Å²) in [5, 5.41) is 9.68. The van der Waals surface area contributed by atoms with E-state index in [2.05, 4.69) is 6.58 Å². The van der Waals surface area contributed by atoms with Gasteiger partial charge in [-0.1, -0.05) is 30.7 Å². The lowest BCUT2D eigenvalue weighted by Gasteiger charge is -2.17. The van der Waals surface area contributed by atoms with Gasteiger partial charge in [-0.25, -0.2) is 0 Å². The van der Waals surface area contributed by atoms with Gasteiger partial charge in [-0.05, 0) is 25.5 Å². The molecule has 0 saturated heterocycles. The largest absolute Gasteiger partial charge is 0.392 e. The first-order valence-electron chi connectivity index (χ1n) is 6.12. The standard InChI is InChI=1S/C14H20O4S/c1-4-5-14(15)12(3)10-18-19(16,17)13-8-6-11(2)7-9-13/h4,6-9,12,14-15H,1,5,10H2,2-3H3. The third-order valence-corrected chi connectivity index (χ3v) is 4.16. The van der Waals surface area contributed by atoms with E-state index in [-0.39, 0.29) is 17.4 Å². The normalized spacial score (nSPS) is 14.9. The fraction of sp³-hybridized carbons (Fsp3) is 0.429.